The van der Waals surface area contributed by atoms with E-state index in [2.05, 4.69) is 35.0 Å². The Bertz CT molecular complexity index is 1230. The van der Waals surface area contributed by atoms with Crippen molar-refractivity contribution in [2.24, 2.45) is 0 Å². The van der Waals surface area contributed by atoms with Gasteiger partial charge in [-0.1, -0.05) is 43.3 Å². The molecule has 4 rings (SSSR count). The SMILES string of the molecule is CCc1ccc(OCCCn2c(CCNC(=O)Cc3ccc(OC)cc3)nc3ccccc32)cc1. The Morgan fingerprint density at radius 2 is 1.66 bits per heavy atom. The van der Waals surface area contributed by atoms with E-state index < -0.39 is 0 Å². The van der Waals surface area contributed by atoms with Gasteiger partial charge in [-0.05, 0) is 60.4 Å². The number of aryl methyl sites for hydroxylation is 2. The van der Waals surface area contributed by atoms with Gasteiger partial charge in [0.05, 0.1) is 31.2 Å². The third kappa shape index (κ3) is 6.63. The van der Waals surface area contributed by atoms with Crippen molar-refractivity contribution < 1.29 is 14.3 Å². The third-order valence-electron chi connectivity index (χ3n) is 6.05. The van der Waals surface area contributed by atoms with E-state index in [4.69, 9.17) is 14.5 Å². The van der Waals surface area contributed by atoms with Crippen molar-refractivity contribution in [2.75, 3.05) is 20.3 Å². The standard InChI is InChI=1S/C29H33N3O3/c1-3-22-9-15-25(16-10-22)35-20-6-19-32-27-8-5-4-7-26(27)31-28(32)17-18-30-29(33)21-23-11-13-24(34-2)14-12-23/h4-5,7-16H,3,6,17-21H2,1-2H3,(H,30,33). The van der Waals surface area contributed by atoms with Gasteiger partial charge >= 0.3 is 0 Å². The van der Waals surface area contributed by atoms with Gasteiger partial charge in [-0.15, -0.1) is 0 Å². The molecule has 35 heavy (non-hydrogen) atoms. The molecule has 0 spiro atoms. The number of rotatable bonds is 12. The maximum absolute atomic E-state index is 12.4. The Labute approximate surface area is 206 Å². The summed E-state index contributed by atoms with van der Waals surface area (Å²) in [7, 11) is 1.63. The number of para-hydroxylation sites is 2. The zero-order chi connectivity index (χ0) is 24.5. The zero-order valence-electron chi connectivity index (χ0n) is 20.5. The van der Waals surface area contributed by atoms with Gasteiger partial charge in [0, 0.05) is 19.5 Å². The van der Waals surface area contributed by atoms with Crippen molar-refractivity contribution in [3.05, 3.63) is 89.7 Å². The number of aromatic nitrogens is 2. The highest BCUT2D eigenvalue weighted by atomic mass is 16.5. The van der Waals surface area contributed by atoms with Crippen molar-refractivity contribution >= 4 is 16.9 Å². The monoisotopic (exact) mass is 471 g/mol. The number of fused-ring (bicyclic) bond motifs is 1. The number of hydrogen-bond donors (Lipinski definition) is 1. The van der Waals surface area contributed by atoms with E-state index in [1.54, 1.807) is 7.11 Å². The Kier molecular flexibility index (Phi) is 8.39. The predicted octanol–water partition coefficient (Wildman–Crippen LogP) is 4.98. The summed E-state index contributed by atoms with van der Waals surface area (Å²) in [6.07, 6.45) is 2.91. The van der Waals surface area contributed by atoms with Crippen LogP contribution >= 0.6 is 0 Å². The van der Waals surface area contributed by atoms with Gasteiger partial charge in [0.15, 0.2) is 0 Å². The number of amides is 1. The first-order valence-corrected chi connectivity index (χ1v) is 12.2. The molecule has 4 aromatic rings. The van der Waals surface area contributed by atoms with E-state index in [1.165, 1.54) is 5.56 Å². The first-order valence-electron chi connectivity index (χ1n) is 12.2. The number of methoxy groups -OCH3 is 1. The smallest absolute Gasteiger partial charge is 0.224 e. The Morgan fingerprint density at radius 3 is 2.40 bits per heavy atom. The molecule has 0 fully saturated rings. The van der Waals surface area contributed by atoms with Gasteiger partial charge in [-0.3, -0.25) is 4.79 Å². The van der Waals surface area contributed by atoms with Gasteiger partial charge in [0.2, 0.25) is 5.91 Å². The van der Waals surface area contributed by atoms with Crippen molar-refractivity contribution in [3.63, 3.8) is 0 Å². The van der Waals surface area contributed by atoms with Gasteiger partial charge in [-0.2, -0.15) is 0 Å². The van der Waals surface area contributed by atoms with Gasteiger partial charge < -0.3 is 19.4 Å². The summed E-state index contributed by atoms with van der Waals surface area (Å²) < 4.78 is 13.4. The van der Waals surface area contributed by atoms with E-state index in [0.29, 0.717) is 26.0 Å². The molecule has 3 aromatic carbocycles. The number of ether oxygens (including phenoxy) is 2. The number of carbonyl (C=O) groups excluding carboxylic acids is 1. The zero-order valence-corrected chi connectivity index (χ0v) is 20.5. The summed E-state index contributed by atoms with van der Waals surface area (Å²) >= 11 is 0. The highest BCUT2D eigenvalue weighted by Crippen LogP contribution is 2.18. The molecule has 0 aliphatic rings. The van der Waals surface area contributed by atoms with Crippen molar-refractivity contribution in [3.8, 4) is 11.5 Å². The quantitative estimate of drug-likeness (QED) is 0.296. The lowest BCUT2D eigenvalue weighted by atomic mass is 10.1. The number of carbonyl (C=O) groups is 1. The van der Waals surface area contributed by atoms with E-state index in [-0.39, 0.29) is 5.91 Å². The lowest BCUT2D eigenvalue weighted by Crippen LogP contribution is -2.28. The van der Waals surface area contributed by atoms with Crippen molar-refractivity contribution in [2.45, 2.75) is 39.2 Å². The fraction of sp³-hybridized carbons (Fsp3) is 0.310. The fourth-order valence-electron chi connectivity index (χ4n) is 4.10. The highest BCUT2D eigenvalue weighted by Gasteiger charge is 2.11. The molecular weight excluding hydrogens is 438 g/mol. The molecule has 6 nitrogen and oxygen atoms in total. The van der Waals surface area contributed by atoms with Crippen molar-refractivity contribution in [1.29, 1.82) is 0 Å². The molecule has 0 atom stereocenters. The second-order valence-electron chi connectivity index (χ2n) is 8.49. The van der Waals surface area contributed by atoms with E-state index in [1.807, 2.05) is 54.6 Å². The topological polar surface area (TPSA) is 65.4 Å². The highest BCUT2D eigenvalue weighted by molar-refractivity contribution is 5.78. The molecule has 6 heteroatoms. The van der Waals surface area contributed by atoms with Crippen LogP contribution in [0, 0.1) is 0 Å². The van der Waals surface area contributed by atoms with E-state index >= 15 is 0 Å². The van der Waals surface area contributed by atoms with Crippen LogP contribution < -0.4 is 14.8 Å². The minimum Gasteiger partial charge on any atom is -0.497 e. The fourth-order valence-corrected chi connectivity index (χ4v) is 4.10. The number of nitrogens with zero attached hydrogens (tertiary/aromatic N) is 2. The lowest BCUT2D eigenvalue weighted by molar-refractivity contribution is -0.120. The molecule has 1 amide bonds. The first-order chi connectivity index (χ1) is 17.2. The second kappa shape index (κ2) is 12.1. The summed E-state index contributed by atoms with van der Waals surface area (Å²) in [6.45, 7) is 4.13. The largest absolute Gasteiger partial charge is 0.497 e. The minimum atomic E-state index is 0.000296. The number of nitrogens with one attached hydrogen (secondary N) is 1. The lowest BCUT2D eigenvalue weighted by Gasteiger charge is -2.11. The molecule has 1 aromatic heterocycles. The molecule has 0 radical (unpaired) electrons. The maximum Gasteiger partial charge on any atom is 0.224 e. The Balaban J connectivity index is 1.31. The average Bonchev–Trinajstić information content (AvgIpc) is 3.24. The molecular formula is C29H33N3O3. The Hall–Kier alpha value is -3.80. The molecule has 0 saturated heterocycles. The van der Waals surface area contributed by atoms with Gasteiger partial charge in [0.25, 0.3) is 0 Å². The number of imidazole rings is 1. The first kappa shape index (κ1) is 24.3. The third-order valence-corrected chi connectivity index (χ3v) is 6.05. The van der Waals surface area contributed by atoms with Crippen LogP contribution in [0.15, 0.2) is 72.8 Å². The number of benzene rings is 3. The van der Waals surface area contributed by atoms with Gasteiger partial charge in [-0.25, -0.2) is 4.98 Å². The van der Waals surface area contributed by atoms with Crippen LogP contribution in [0.25, 0.3) is 11.0 Å². The van der Waals surface area contributed by atoms with Crippen molar-refractivity contribution in [1.82, 2.24) is 14.9 Å². The summed E-state index contributed by atoms with van der Waals surface area (Å²) in [5, 5.41) is 3.03. The van der Waals surface area contributed by atoms with Crippen LogP contribution in [0.2, 0.25) is 0 Å². The summed E-state index contributed by atoms with van der Waals surface area (Å²) in [5.41, 5.74) is 4.35. The molecule has 1 N–H and O–H groups in total. The van der Waals surface area contributed by atoms with Crippen LogP contribution in [0.3, 0.4) is 0 Å². The molecule has 0 bridgehead atoms. The number of hydrogen-bond acceptors (Lipinski definition) is 4. The minimum absolute atomic E-state index is 0.000296. The van der Waals surface area contributed by atoms with E-state index in [0.717, 1.165) is 53.3 Å². The average molecular weight is 472 g/mol. The van der Waals surface area contributed by atoms with Crippen LogP contribution in [-0.2, 0) is 30.6 Å². The summed E-state index contributed by atoms with van der Waals surface area (Å²) in [4.78, 5) is 17.2. The summed E-state index contributed by atoms with van der Waals surface area (Å²) in [5.74, 6) is 2.66. The normalized spacial score (nSPS) is 10.9. The van der Waals surface area contributed by atoms with E-state index in [9.17, 15) is 4.79 Å². The molecule has 0 unspecified atom stereocenters. The molecule has 0 aliphatic carbocycles. The molecule has 1 heterocycles. The van der Waals surface area contributed by atoms with Gasteiger partial charge in [0.1, 0.15) is 17.3 Å². The predicted molar refractivity (Wildman–Crippen MR) is 139 cm³/mol. The molecule has 0 aliphatic heterocycles. The Morgan fingerprint density at radius 1 is 0.943 bits per heavy atom. The van der Waals surface area contributed by atoms with Crippen LogP contribution in [0.4, 0.5) is 0 Å². The second-order valence-corrected chi connectivity index (χ2v) is 8.49. The molecule has 0 saturated carbocycles. The van der Waals surface area contributed by atoms with Crippen LogP contribution in [-0.4, -0.2) is 35.7 Å². The maximum atomic E-state index is 12.4. The summed E-state index contributed by atoms with van der Waals surface area (Å²) in [6, 6.07) is 24.0. The molecule has 182 valence electrons. The van der Waals surface area contributed by atoms with Crippen LogP contribution in [0.1, 0.15) is 30.3 Å². The van der Waals surface area contributed by atoms with Crippen LogP contribution in [0.5, 0.6) is 11.5 Å².